The fourth-order valence-corrected chi connectivity index (χ4v) is 1.39. The van der Waals surface area contributed by atoms with E-state index in [4.69, 9.17) is 0 Å². The Hall–Kier alpha value is -0.900. The molecular weight excluding hydrogens is 196 g/mol. The van der Waals surface area contributed by atoms with Gasteiger partial charge in [-0.3, -0.25) is 0 Å². The maximum absolute atomic E-state index is 11.6. The van der Waals surface area contributed by atoms with E-state index >= 15 is 0 Å². The lowest BCUT2D eigenvalue weighted by atomic mass is 10.3. The van der Waals surface area contributed by atoms with Gasteiger partial charge in [-0.2, -0.15) is 4.40 Å². The minimum atomic E-state index is -1.17. The molecule has 1 heterocycles. The van der Waals surface area contributed by atoms with Crippen molar-refractivity contribution in [2.45, 2.75) is 25.5 Å². The quantitative estimate of drug-likeness (QED) is 0.689. The molecule has 1 unspecified atom stereocenters. The minimum Gasteiger partial charge on any atom is -0.350 e. The van der Waals surface area contributed by atoms with Crippen LogP contribution in [0.2, 0.25) is 0 Å². The molecular formula is C10H16N2OS. The highest BCUT2D eigenvalue weighted by Gasteiger charge is 2.18. The van der Waals surface area contributed by atoms with E-state index in [9.17, 15) is 4.21 Å². The lowest BCUT2D eigenvalue weighted by molar-refractivity contribution is 0.651. The molecule has 3 nitrogen and oxygen atoms in total. The summed E-state index contributed by atoms with van der Waals surface area (Å²) in [4.78, 5) is 0. The fourth-order valence-electron chi connectivity index (χ4n) is 0.868. The van der Waals surface area contributed by atoms with E-state index < -0.39 is 11.0 Å². The van der Waals surface area contributed by atoms with E-state index in [0.29, 0.717) is 0 Å². The lowest BCUT2D eigenvalue weighted by Gasteiger charge is -2.12. The molecule has 0 spiro atoms. The molecule has 0 saturated carbocycles. The second kappa shape index (κ2) is 4.09. The SMILES string of the molecule is Cn1cccc1/C=N/S(=O)C(C)(C)C. The number of hydrogen-bond acceptors (Lipinski definition) is 1. The Labute approximate surface area is 87.4 Å². The van der Waals surface area contributed by atoms with E-state index in [2.05, 4.69) is 4.40 Å². The molecule has 4 heteroatoms. The van der Waals surface area contributed by atoms with E-state index in [0.717, 1.165) is 5.69 Å². The van der Waals surface area contributed by atoms with Crippen LogP contribution in [-0.2, 0) is 18.0 Å². The molecule has 0 fully saturated rings. The molecule has 0 aromatic carbocycles. The van der Waals surface area contributed by atoms with Crippen LogP contribution in [0.15, 0.2) is 22.7 Å². The van der Waals surface area contributed by atoms with Crippen molar-refractivity contribution in [3.8, 4) is 0 Å². The summed E-state index contributed by atoms with van der Waals surface area (Å²) in [5.74, 6) is 0. The molecule has 0 N–H and O–H groups in total. The first-order valence-corrected chi connectivity index (χ1v) is 5.59. The highest BCUT2D eigenvalue weighted by Crippen LogP contribution is 2.12. The van der Waals surface area contributed by atoms with Crippen LogP contribution < -0.4 is 0 Å². The van der Waals surface area contributed by atoms with Gasteiger partial charge in [-0.15, -0.1) is 0 Å². The average Bonchev–Trinajstić information content (AvgIpc) is 2.45. The third kappa shape index (κ3) is 2.80. The summed E-state index contributed by atoms with van der Waals surface area (Å²) < 4.78 is 17.2. The molecule has 1 rings (SSSR count). The molecule has 0 radical (unpaired) electrons. The number of rotatable bonds is 2. The number of aryl methyl sites for hydroxylation is 1. The second-order valence-corrected chi connectivity index (χ2v) is 6.07. The van der Waals surface area contributed by atoms with Gasteiger partial charge < -0.3 is 4.57 Å². The largest absolute Gasteiger partial charge is 0.350 e. The van der Waals surface area contributed by atoms with Gasteiger partial charge in [0.25, 0.3) is 0 Å². The Morgan fingerprint density at radius 3 is 2.57 bits per heavy atom. The van der Waals surface area contributed by atoms with E-state index in [1.165, 1.54) is 0 Å². The summed E-state index contributed by atoms with van der Waals surface area (Å²) in [6.07, 6.45) is 3.59. The summed E-state index contributed by atoms with van der Waals surface area (Å²) >= 11 is 0. The first kappa shape index (κ1) is 11.2. The fraction of sp³-hybridized carbons (Fsp3) is 0.500. The first-order valence-electron chi connectivity index (χ1n) is 4.48. The second-order valence-electron chi connectivity index (χ2n) is 4.14. The molecule has 0 aliphatic rings. The number of hydrogen-bond donors (Lipinski definition) is 0. The normalized spacial score (nSPS) is 14.9. The van der Waals surface area contributed by atoms with Crippen molar-refractivity contribution in [1.29, 1.82) is 0 Å². The Morgan fingerprint density at radius 2 is 2.14 bits per heavy atom. The van der Waals surface area contributed by atoms with Crippen LogP contribution in [0.4, 0.5) is 0 Å². The molecule has 1 aromatic rings. The maximum atomic E-state index is 11.6. The number of nitrogens with zero attached hydrogens (tertiary/aromatic N) is 2. The van der Waals surface area contributed by atoms with Crippen LogP contribution in [0.1, 0.15) is 26.5 Å². The maximum Gasteiger partial charge on any atom is 0.144 e. The van der Waals surface area contributed by atoms with E-state index in [1.807, 2.05) is 50.7 Å². The van der Waals surface area contributed by atoms with Gasteiger partial charge in [0.05, 0.1) is 16.7 Å². The van der Waals surface area contributed by atoms with Crippen molar-refractivity contribution >= 4 is 17.2 Å². The number of aromatic nitrogens is 1. The standard InChI is InChI=1S/C10H16N2OS/c1-10(2,3)14(13)11-8-9-6-5-7-12(9)4/h5-8H,1-4H3/b11-8+. The van der Waals surface area contributed by atoms with Gasteiger partial charge >= 0.3 is 0 Å². The van der Waals surface area contributed by atoms with Crippen molar-refractivity contribution in [2.75, 3.05) is 0 Å². The lowest BCUT2D eigenvalue weighted by Crippen LogP contribution is -2.19. The van der Waals surface area contributed by atoms with E-state index in [-0.39, 0.29) is 4.75 Å². The predicted molar refractivity (Wildman–Crippen MR) is 60.9 cm³/mol. The third-order valence-corrected chi connectivity index (χ3v) is 3.13. The summed E-state index contributed by atoms with van der Waals surface area (Å²) in [7, 11) is 0.758. The van der Waals surface area contributed by atoms with Gasteiger partial charge in [0.2, 0.25) is 0 Å². The molecule has 0 saturated heterocycles. The zero-order chi connectivity index (χ0) is 10.8. The van der Waals surface area contributed by atoms with Crippen molar-refractivity contribution in [1.82, 2.24) is 4.57 Å². The molecule has 1 atom stereocenters. The van der Waals surface area contributed by atoms with E-state index in [1.54, 1.807) is 6.21 Å². The Morgan fingerprint density at radius 1 is 1.50 bits per heavy atom. The minimum absolute atomic E-state index is 0.290. The highest BCUT2D eigenvalue weighted by atomic mass is 32.2. The zero-order valence-corrected chi connectivity index (χ0v) is 9.84. The van der Waals surface area contributed by atoms with Gasteiger partial charge in [0, 0.05) is 13.2 Å². The van der Waals surface area contributed by atoms with Crippen LogP contribution >= 0.6 is 0 Å². The summed E-state index contributed by atoms with van der Waals surface area (Å²) in [6, 6.07) is 3.87. The highest BCUT2D eigenvalue weighted by molar-refractivity contribution is 7.85. The smallest absolute Gasteiger partial charge is 0.144 e. The van der Waals surface area contributed by atoms with Crippen LogP contribution in [-0.4, -0.2) is 19.7 Å². The average molecular weight is 212 g/mol. The van der Waals surface area contributed by atoms with Crippen LogP contribution in [0.25, 0.3) is 0 Å². The topological polar surface area (TPSA) is 34.4 Å². The van der Waals surface area contributed by atoms with Crippen molar-refractivity contribution in [3.63, 3.8) is 0 Å². The van der Waals surface area contributed by atoms with Crippen molar-refractivity contribution < 1.29 is 4.21 Å². The summed E-state index contributed by atoms with van der Waals surface area (Å²) in [5, 5.41) is 0. The van der Waals surface area contributed by atoms with Gasteiger partial charge in [-0.25, -0.2) is 4.21 Å². The van der Waals surface area contributed by atoms with Gasteiger partial charge in [0.15, 0.2) is 0 Å². The molecule has 14 heavy (non-hydrogen) atoms. The van der Waals surface area contributed by atoms with Crippen LogP contribution in [0.5, 0.6) is 0 Å². The Kier molecular flexibility index (Phi) is 3.26. The first-order chi connectivity index (χ1) is 6.41. The third-order valence-electron chi connectivity index (χ3n) is 1.79. The van der Waals surface area contributed by atoms with Crippen molar-refractivity contribution in [2.24, 2.45) is 11.4 Å². The molecule has 0 aliphatic heterocycles. The Balaban J connectivity index is 2.75. The van der Waals surface area contributed by atoms with Gasteiger partial charge in [-0.05, 0) is 32.9 Å². The molecule has 78 valence electrons. The summed E-state index contributed by atoms with van der Waals surface area (Å²) in [6.45, 7) is 5.72. The van der Waals surface area contributed by atoms with Gasteiger partial charge in [-0.1, -0.05) is 0 Å². The molecule has 1 aromatic heterocycles. The van der Waals surface area contributed by atoms with Crippen molar-refractivity contribution in [3.05, 3.63) is 24.0 Å². The molecule has 0 bridgehead atoms. The molecule has 0 amide bonds. The summed E-state index contributed by atoms with van der Waals surface area (Å²) in [5.41, 5.74) is 0.961. The van der Waals surface area contributed by atoms with Gasteiger partial charge in [0.1, 0.15) is 11.0 Å². The zero-order valence-electron chi connectivity index (χ0n) is 9.02. The van der Waals surface area contributed by atoms with Crippen LogP contribution in [0.3, 0.4) is 0 Å². The monoisotopic (exact) mass is 212 g/mol. The van der Waals surface area contributed by atoms with Crippen LogP contribution in [0, 0.1) is 0 Å². The predicted octanol–water partition coefficient (Wildman–Crippen LogP) is 1.91. The Bertz CT molecular complexity index is 360. The molecule has 0 aliphatic carbocycles.